The second-order valence-corrected chi connectivity index (χ2v) is 8.86. The SMILES string of the molecule is Cc1ccc(CNC(=O)CSc2nc3sc4c(c3c(=O)[nH]2)CCCC4)cc1. The number of nitrogens with zero attached hydrogens (tertiary/aromatic N) is 1. The molecule has 0 atom stereocenters. The fourth-order valence-corrected chi connectivity index (χ4v) is 5.31. The third-order valence-corrected chi connectivity index (χ3v) is 6.81. The summed E-state index contributed by atoms with van der Waals surface area (Å²) in [6.45, 7) is 2.54. The summed E-state index contributed by atoms with van der Waals surface area (Å²) in [5.74, 6) is 0.152. The van der Waals surface area contributed by atoms with Crippen LogP contribution >= 0.6 is 23.1 Å². The molecular formula is C20H21N3O2S2. The van der Waals surface area contributed by atoms with Gasteiger partial charge in [0.15, 0.2) is 5.16 Å². The number of aromatic amines is 1. The van der Waals surface area contributed by atoms with Crippen molar-refractivity contribution in [3.8, 4) is 0 Å². The number of nitrogens with one attached hydrogen (secondary N) is 2. The van der Waals surface area contributed by atoms with Crippen molar-refractivity contribution in [3.63, 3.8) is 0 Å². The van der Waals surface area contributed by atoms with E-state index in [1.54, 1.807) is 11.3 Å². The van der Waals surface area contributed by atoms with E-state index in [-0.39, 0.29) is 17.2 Å². The first-order valence-electron chi connectivity index (χ1n) is 9.10. The summed E-state index contributed by atoms with van der Waals surface area (Å²) >= 11 is 2.89. The number of thiophene rings is 1. The molecule has 0 fully saturated rings. The lowest BCUT2D eigenvalue weighted by molar-refractivity contribution is -0.118. The zero-order valence-corrected chi connectivity index (χ0v) is 16.8. The molecule has 7 heteroatoms. The van der Waals surface area contributed by atoms with Crippen LogP contribution in [0.15, 0.2) is 34.2 Å². The summed E-state index contributed by atoms with van der Waals surface area (Å²) in [6.07, 6.45) is 4.32. The summed E-state index contributed by atoms with van der Waals surface area (Å²) in [4.78, 5) is 34.2. The Balaban J connectivity index is 1.40. The average Bonchev–Trinajstić information content (AvgIpc) is 3.05. The third-order valence-electron chi connectivity index (χ3n) is 4.75. The molecule has 0 saturated heterocycles. The predicted octanol–water partition coefficient (Wildman–Crippen LogP) is 3.58. The van der Waals surface area contributed by atoms with Crippen LogP contribution in [0.1, 0.15) is 34.4 Å². The number of hydrogen-bond donors (Lipinski definition) is 2. The van der Waals surface area contributed by atoms with Crippen molar-refractivity contribution in [2.24, 2.45) is 0 Å². The van der Waals surface area contributed by atoms with Crippen LogP contribution in [-0.4, -0.2) is 21.6 Å². The zero-order valence-electron chi connectivity index (χ0n) is 15.1. The fraction of sp³-hybridized carbons (Fsp3) is 0.350. The number of fused-ring (bicyclic) bond motifs is 3. The fourth-order valence-electron chi connectivity index (χ4n) is 3.30. The molecule has 2 heterocycles. The average molecular weight is 400 g/mol. The van der Waals surface area contributed by atoms with Crippen LogP contribution in [0.5, 0.6) is 0 Å². The van der Waals surface area contributed by atoms with Crippen molar-refractivity contribution in [1.29, 1.82) is 0 Å². The molecule has 2 aromatic heterocycles. The maximum absolute atomic E-state index is 12.5. The Morgan fingerprint density at radius 3 is 2.85 bits per heavy atom. The van der Waals surface area contributed by atoms with Crippen molar-refractivity contribution in [2.45, 2.75) is 44.3 Å². The lowest BCUT2D eigenvalue weighted by Gasteiger charge is -2.09. The lowest BCUT2D eigenvalue weighted by atomic mass is 9.97. The molecule has 0 spiro atoms. The molecule has 27 heavy (non-hydrogen) atoms. The van der Waals surface area contributed by atoms with E-state index in [9.17, 15) is 9.59 Å². The second kappa shape index (κ2) is 7.86. The molecule has 1 amide bonds. The van der Waals surface area contributed by atoms with Gasteiger partial charge >= 0.3 is 0 Å². The highest BCUT2D eigenvalue weighted by molar-refractivity contribution is 7.99. The lowest BCUT2D eigenvalue weighted by Crippen LogP contribution is -2.24. The monoisotopic (exact) mass is 399 g/mol. The van der Waals surface area contributed by atoms with Gasteiger partial charge in [-0.05, 0) is 43.7 Å². The van der Waals surface area contributed by atoms with E-state index in [1.165, 1.54) is 34.2 Å². The Kier molecular flexibility index (Phi) is 5.31. The van der Waals surface area contributed by atoms with Gasteiger partial charge < -0.3 is 10.3 Å². The van der Waals surface area contributed by atoms with Gasteiger partial charge in [-0.3, -0.25) is 9.59 Å². The van der Waals surface area contributed by atoms with Crippen LogP contribution in [0.3, 0.4) is 0 Å². The van der Waals surface area contributed by atoms with E-state index in [4.69, 9.17) is 0 Å². The molecule has 1 aromatic carbocycles. The number of carbonyl (C=O) groups excluding carboxylic acids is 1. The quantitative estimate of drug-likeness (QED) is 0.508. The number of carbonyl (C=O) groups is 1. The van der Waals surface area contributed by atoms with E-state index in [1.807, 2.05) is 31.2 Å². The Morgan fingerprint density at radius 1 is 1.26 bits per heavy atom. The van der Waals surface area contributed by atoms with Crippen molar-refractivity contribution in [1.82, 2.24) is 15.3 Å². The summed E-state index contributed by atoms with van der Waals surface area (Å²) in [7, 11) is 0. The third kappa shape index (κ3) is 4.09. The molecule has 0 aliphatic heterocycles. The number of thioether (sulfide) groups is 1. The number of rotatable bonds is 5. The predicted molar refractivity (Wildman–Crippen MR) is 111 cm³/mol. The molecule has 4 rings (SSSR count). The van der Waals surface area contributed by atoms with E-state index < -0.39 is 0 Å². The maximum Gasteiger partial charge on any atom is 0.260 e. The minimum Gasteiger partial charge on any atom is -0.351 e. The minimum atomic E-state index is -0.0815. The van der Waals surface area contributed by atoms with Gasteiger partial charge in [-0.25, -0.2) is 4.98 Å². The Morgan fingerprint density at radius 2 is 2.04 bits per heavy atom. The Labute approximate surface area is 165 Å². The first-order chi connectivity index (χ1) is 13.1. The number of benzene rings is 1. The van der Waals surface area contributed by atoms with Crippen molar-refractivity contribution >= 4 is 39.2 Å². The molecule has 5 nitrogen and oxygen atoms in total. The van der Waals surface area contributed by atoms with Crippen molar-refractivity contribution in [2.75, 3.05) is 5.75 Å². The van der Waals surface area contributed by atoms with Crippen molar-refractivity contribution in [3.05, 3.63) is 56.2 Å². The number of aryl methyl sites for hydroxylation is 3. The van der Waals surface area contributed by atoms with E-state index in [0.29, 0.717) is 11.7 Å². The summed E-state index contributed by atoms with van der Waals surface area (Å²) in [5.41, 5.74) is 3.36. The van der Waals surface area contributed by atoms with Crippen LogP contribution in [0.2, 0.25) is 0 Å². The highest BCUT2D eigenvalue weighted by atomic mass is 32.2. The molecule has 0 radical (unpaired) electrons. The van der Waals surface area contributed by atoms with Gasteiger partial charge in [0.1, 0.15) is 4.83 Å². The molecular weight excluding hydrogens is 378 g/mol. The molecule has 2 N–H and O–H groups in total. The van der Waals surface area contributed by atoms with Gasteiger partial charge in [0.25, 0.3) is 5.56 Å². The number of amides is 1. The highest BCUT2D eigenvalue weighted by Crippen LogP contribution is 2.34. The van der Waals surface area contributed by atoms with E-state index in [0.717, 1.165) is 35.0 Å². The first kappa shape index (κ1) is 18.3. The molecule has 3 aromatic rings. The first-order valence-corrected chi connectivity index (χ1v) is 10.9. The molecule has 1 aliphatic rings. The van der Waals surface area contributed by atoms with Crippen LogP contribution in [0.25, 0.3) is 10.2 Å². The Bertz CT molecular complexity index is 1040. The second-order valence-electron chi connectivity index (χ2n) is 6.81. The molecule has 140 valence electrons. The molecule has 0 bridgehead atoms. The van der Waals surface area contributed by atoms with Gasteiger partial charge in [-0.2, -0.15) is 0 Å². The molecule has 0 saturated carbocycles. The normalized spacial score (nSPS) is 13.5. The maximum atomic E-state index is 12.5. The van der Waals surface area contributed by atoms with Crippen LogP contribution in [-0.2, 0) is 24.2 Å². The van der Waals surface area contributed by atoms with Gasteiger partial charge in [0.05, 0.1) is 11.1 Å². The largest absolute Gasteiger partial charge is 0.351 e. The van der Waals surface area contributed by atoms with Gasteiger partial charge in [0, 0.05) is 11.4 Å². The van der Waals surface area contributed by atoms with Gasteiger partial charge in [-0.1, -0.05) is 41.6 Å². The van der Waals surface area contributed by atoms with Crippen LogP contribution < -0.4 is 10.9 Å². The summed E-state index contributed by atoms with van der Waals surface area (Å²) in [6, 6.07) is 8.07. The number of aromatic nitrogens is 2. The highest BCUT2D eigenvalue weighted by Gasteiger charge is 2.20. The van der Waals surface area contributed by atoms with Crippen LogP contribution in [0.4, 0.5) is 0 Å². The Hall–Kier alpha value is -2.12. The summed E-state index contributed by atoms with van der Waals surface area (Å²) in [5, 5.41) is 4.17. The van der Waals surface area contributed by atoms with Gasteiger partial charge in [-0.15, -0.1) is 11.3 Å². The van der Waals surface area contributed by atoms with E-state index >= 15 is 0 Å². The molecule has 1 aliphatic carbocycles. The summed E-state index contributed by atoms with van der Waals surface area (Å²) < 4.78 is 0. The van der Waals surface area contributed by atoms with Gasteiger partial charge in [0.2, 0.25) is 5.91 Å². The van der Waals surface area contributed by atoms with E-state index in [2.05, 4.69) is 15.3 Å². The number of H-pyrrole nitrogens is 1. The standard InChI is InChI=1S/C20H21N3O2S2/c1-12-6-8-13(9-7-12)10-21-16(24)11-26-20-22-18(25)17-14-4-2-3-5-15(14)27-19(17)23-20/h6-9H,2-5,10-11H2,1H3,(H,21,24)(H,22,23,25). The smallest absolute Gasteiger partial charge is 0.260 e. The zero-order chi connectivity index (χ0) is 18.8. The van der Waals surface area contributed by atoms with Crippen LogP contribution in [0, 0.1) is 6.92 Å². The topological polar surface area (TPSA) is 74.8 Å². The molecule has 0 unspecified atom stereocenters. The van der Waals surface area contributed by atoms with Crippen molar-refractivity contribution < 1.29 is 4.79 Å². The number of hydrogen-bond acceptors (Lipinski definition) is 5. The minimum absolute atomic E-state index is 0.0752.